The van der Waals surface area contributed by atoms with E-state index in [9.17, 15) is 0 Å². The average Bonchev–Trinajstić information content (AvgIpc) is 3.21. The molecule has 0 spiro atoms. The van der Waals surface area contributed by atoms with Gasteiger partial charge in [-0.05, 0) is 10.8 Å². The minimum absolute atomic E-state index is 0.236. The summed E-state index contributed by atoms with van der Waals surface area (Å²) < 4.78 is 0. The van der Waals surface area contributed by atoms with Crippen molar-refractivity contribution < 1.29 is 23.0 Å². The van der Waals surface area contributed by atoms with Gasteiger partial charge >= 0.3 is 29.9 Å². The van der Waals surface area contributed by atoms with Gasteiger partial charge in [-0.3, -0.25) is 0 Å². The van der Waals surface area contributed by atoms with Crippen LogP contribution in [0.1, 0.15) is 63.8 Å². The van der Waals surface area contributed by atoms with Crippen LogP contribution in [0.3, 0.4) is 0 Å². The van der Waals surface area contributed by atoms with Gasteiger partial charge in [-0.2, -0.15) is 12.1 Å². The van der Waals surface area contributed by atoms with Crippen LogP contribution in [0, 0.1) is 13.8 Å². The third-order valence-corrected chi connectivity index (χ3v) is 5.41. The van der Waals surface area contributed by atoms with E-state index in [0.29, 0.717) is 0 Å². The maximum atomic E-state index is 3.11. The van der Waals surface area contributed by atoms with Gasteiger partial charge in [0.1, 0.15) is 0 Å². The molecule has 0 saturated heterocycles. The summed E-state index contributed by atoms with van der Waals surface area (Å²) in [5.74, 6) is 0. The number of benzene rings is 2. The molecule has 0 atom stereocenters. The van der Waals surface area contributed by atoms with Crippen LogP contribution < -0.4 is 0 Å². The van der Waals surface area contributed by atoms with Crippen LogP contribution in [0.15, 0.2) is 60.7 Å². The SMILES string of the molecule is Cc1cc2c(C(C)(C)C)cccc2[cH-]1.Cc1cc2c(C(C)(C)C)cccc2[cH-]1.[Si]=[Hf+2]. The Morgan fingerprint density at radius 1 is 0.633 bits per heavy atom. The molecule has 4 aromatic rings. The van der Waals surface area contributed by atoms with Crippen molar-refractivity contribution in [3.05, 3.63) is 82.9 Å². The molecule has 30 heavy (non-hydrogen) atoms. The van der Waals surface area contributed by atoms with Crippen molar-refractivity contribution in [3.63, 3.8) is 0 Å². The van der Waals surface area contributed by atoms with Gasteiger partial charge in [0, 0.05) is 0 Å². The molecule has 0 N–H and O–H groups in total. The summed E-state index contributed by atoms with van der Waals surface area (Å²) in [6.07, 6.45) is 0. The van der Waals surface area contributed by atoms with E-state index in [1.54, 1.807) is 0 Å². The summed E-state index contributed by atoms with van der Waals surface area (Å²) in [6.45, 7) is 21.0. The Hall–Kier alpha value is -1.25. The molecule has 0 nitrogen and oxygen atoms in total. The van der Waals surface area contributed by atoms with E-state index >= 15 is 0 Å². The molecule has 0 unspecified atom stereocenters. The Kier molecular flexibility index (Phi) is 8.27. The van der Waals surface area contributed by atoms with Crippen molar-refractivity contribution in [1.82, 2.24) is 0 Å². The predicted octanol–water partition coefficient (Wildman–Crippen LogP) is 7.95. The summed E-state index contributed by atoms with van der Waals surface area (Å²) in [7, 11) is 0. The first-order valence-electron chi connectivity index (χ1n) is 10.5. The molecule has 0 aliphatic heterocycles. The molecular weight excluding hydrogens is 543 g/mol. The van der Waals surface area contributed by atoms with Crippen molar-refractivity contribution in [2.24, 2.45) is 0 Å². The molecule has 4 aromatic carbocycles. The Labute approximate surface area is 199 Å². The summed E-state index contributed by atoms with van der Waals surface area (Å²) in [5, 5.41) is 5.57. The predicted molar refractivity (Wildman–Crippen MR) is 132 cm³/mol. The molecule has 0 amide bonds. The molecule has 0 fully saturated rings. The van der Waals surface area contributed by atoms with Gasteiger partial charge in [-0.15, -0.1) is 69.1 Å². The Morgan fingerprint density at radius 2 is 0.967 bits per heavy atom. The third-order valence-electron chi connectivity index (χ3n) is 5.41. The molecule has 0 bridgehead atoms. The quantitative estimate of drug-likeness (QED) is 0.147. The third kappa shape index (κ3) is 5.92. The van der Waals surface area contributed by atoms with Crippen LogP contribution in [0.4, 0.5) is 0 Å². The molecule has 0 aliphatic rings. The van der Waals surface area contributed by atoms with Gasteiger partial charge < -0.3 is 0 Å². The molecule has 0 aromatic heterocycles. The van der Waals surface area contributed by atoms with Crippen LogP contribution in [0.2, 0.25) is 0 Å². The standard InChI is InChI=1S/2C14H17.Hf.Si/c2*1-10-8-11-6-5-7-13(12(11)9-10)14(2,3)4;;/h2*5-9H,1-4H3;;/q2*-1;+2;. The van der Waals surface area contributed by atoms with Crippen LogP contribution in [0.5, 0.6) is 0 Å². The second-order valence-electron chi connectivity index (χ2n) is 10.2. The van der Waals surface area contributed by atoms with Crippen LogP contribution >= 0.6 is 0 Å². The van der Waals surface area contributed by atoms with Crippen LogP contribution in [-0.2, 0) is 33.8 Å². The van der Waals surface area contributed by atoms with E-state index in [4.69, 9.17) is 0 Å². The first kappa shape index (κ1) is 25.0. The average molecular weight is 577 g/mol. The van der Waals surface area contributed by atoms with E-state index in [2.05, 4.69) is 123 Å². The number of hydrogen-bond donors (Lipinski definition) is 0. The zero-order valence-electron chi connectivity index (χ0n) is 19.8. The molecule has 2 heteroatoms. The first-order chi connectivity index (χ1) is 14.0. The van der Waals surface area contributed by atoms with Crippen molar-refractivity contribution >= 4 is 28.5 Å². The van der Waals surface area contributed by atoms with Crippen molar-refractivity contribution in [3.8, 4) is 0 Å². The van der Waals surface area contributed by atoms with Gasteiger partial charge in [0.05, 0.1) is 0 Å². The zero-order chi connectivity index (χ0) is 22.7. The zero-order valence-corrected chi connectivity index (χ0v) is 24.4. The summed E-state index contributed by atoms with van der Waals surface area (Å²) in [4.78, 5) is 0. The summed E-state index contributed by atoms with van der Waals surface area (Å²) in [6, 6.07) is 22.3. The van der Waals surface area contributed by atoms with Gasteiger partial charge in [0.15, 0.2) is 0 Å². The Morgan fingerprint density at radius 3 is 1.27 bits per heavy atom. The van der Waals surface area contributed by atoms with Gasteiger partial charge in [-0.25, -0.2) is 0 Å². The fourth-order valence-electron chi connectivity index (χ4n) is 4.08. The topological polar surface area (TPSA) is 0 Å². The van der Waals surface area contributed by atoms with Gasteiger partial charge in [0.2, 0.25) is 0 Å². The molecule has 4 rings (SSSR count). The number of hydrogen-bond acceptors (Lipinski definition) is 0. The van der Waals surface area contributed by atoms with E-state index in [-0.39, 0.29) is 10.8 Å². The van der Waals surface area contributed by atoms with E-state index in [0.717, 1.165) is 23.0 Å². The second-order valence-corrected chi connectivity index (χ2v) is 10.2. The molecule has 2 radical (unpaired) electrons. The molecule has 0 heterocycles. The van der Waals surface area contributed by atoms with Gasteiger partial charge in [-0.1, -0.05) is 78.6 Å². The van der Waals surface area contributed by atoms with E-state index < -0.39 is 0 Å². The van der Waals surface area contributed by atoms with Crippen LogP contribution in [-0.4, -0.2) is 6.94 Å². The fourth-order valence-corrected chi connectivity index (χ4v) is 4.08. The normalized spacial score (nSPS) is 11.7. The van der Waals surface area contributed by atoms with Gasteiger partial charge in [0.25, 0.3) is 0 Å². The number of fused-ring (bicyclic) bond motifs is 2. The van der Waals surface area contributed by atoms with Crippen molar-refractivity contribution in [2.75, 3.05) is 0 Å². The molecule has 0 saturated carbocycles. The second kappa shape index (κ2) is 9.91. The van der Waals surface area contributed by atoms with Crippen molar-refractivity contribution in [1.29, 1.82) is 0 Å². The Bertz CT molecular complexity index is 1020. The first-order valence-corrected chi connectivity index (χ1v) is 16.4. The molecule has 154 valence electrons. The molecule has 0 aliphatic carbocycles. The summed E-state index contributed by atoms with van der Waals surface area (Å²) >= 11 is 1.11. The monoisotopic (exact) mass is 578 g/mol. The Balaban J connectivity index is 0.000000197. The molecular formula is C28H34HfSi. The number of rotatable bonds is 0. The maximum absolute atomic E-state index is 3.11. The van der Waals surface area contributed by atoms with E-state index in [1.165, 1.54) is 43.8 Å². The van der Waals surface area contributed by atoms with Crippen molar-refractivity contribution in [2.45, 2.75) is 66.2 Å². The number of aryl methyl sites for hydroxylation is 2. The minimum atomic E-state index is 0.236. The van der Waals surface area contributed by atoms with E-state index in [1.807, 2.05) is 0 Å². The fraction of sp³-hybridized carbons (Fsp3) is 0.357. The van der Waals surface area contributed by atoms with Crippen LogP contribution in [0.25, 0.3) is 21.5 Å². The summed E-state index contributed by atoms with van der Waals surface area (Å²) in [5.41, 5.74) is 6.08.